The Balaban J connectivity index is 2.52. The van der Waals surface area contributed by atoms with E-state index in [1.807, 2.05) is 6.92 Å². The zero-order valence-corrected chi connectivity index (χ0v) is 10.5. The van der Waals surface area contributed by atoms with E-state index in [0.29, 0.717) is 18.3 Å². The van der Waals surface area contributed by atoms with Gasteiger partial charge in [-0.25, -0.2) is 4.98 Å². The first-order chi connectivity index (χ1) is 8.82. The second-order valence-corrected chi connectivity index (χ2v) is 4.24. The van der Waals surface area contributed by atoms with Crippen molar-refractivity contribution in [2.75, 3.05) is 0 Å². The maximum absolute atomic E-state index is 12.5. The van der Waals surface area contributed by atoms with Crippen LogP contribution in [0.5, 0.6) is 0 Å². The molecule has 19 heavy (non-hydrogen) atoms. The van der Waals surface area contributed by atoms with Gasteiger partial charge >= 0.3 is 6.18 Å². The average molecular weight is 292 g/mol. The van der Waals surface area contributed by atoms with Crippen molar-refractivity contribution < 1.29 is 13.2 Å². The van der Waals surface area contributed by atoms with Crippen molar-refractivity contribution in [3.05, 3.63) is 45.0 Å². The van der Waals surface area contributed by atoms with Crippen molar-refractivity contribution in [1.29, 1.82) is 0 Å². The van der Waals surface area contributed by atoms with Crippen LogP contribution >= 0.6 is 11.6 Å². The summed E-state index contributed by atoms with van der Waals surface area (Å²) in [5.41, 5.74) is -0.745. The van der Waals surface area contributed by atoms with Crippen LogP contribution in [-0.2, 0) is 12.6 Å². The molecule has 0 saturated carbocycles. The number of aromatic amines is 1. The van der Waals surface area contributed by atoms with Crippen LogP contribution in [0.3, 0.4) is 0 Å². The van der Waals surface area contributed by atoms with Gasteiger partial charge in [0.15, 0.2) is 5.82 Å². The molecule has 0 amide bonds. The molecule has 102 valence electrons. The molecule has 0 bridgehead atoms. The molecule has 0 aliphatic carbocycles. The van der Waals surface area contributed by atoms with Gasteiger partial charge in [-0.05, 0) is 12.5 Å². The van der Waals surface area contributed by atoms with Crippen LogP contribution in [0.15, 0.2) is 23.1 Å². The average Bonchev–Trinajstić information content (AvgIpc) is 2.69. The van der Waals surface area contributed by atoms with Gasteiger partial charge in [-0.15, -0.1) is 0 Å². The summed E-state index contributed by atoms with van der Waals surface area (Å²) >= 11 is 5.75. The topological polar surface area (TPSA) is 50.7 Å². The summed E-state index contributed by atoms with van der Waals surface area (Å²) in [6.07, 6.45) is -3.30. The molecule has 2 heterocycles. The number of hydrogen-bond donors (Lipinski definition) is 1. The van der Waals surface area contributed by atoms with E-state index in [2.05, 4.69) is 10.1 Å². The monoisotopic (exact) mass is 291 g/mol. The standard InChI is InChI=1S/C11H9ClF3N3O/c1-2-7-4-9(19)18(17-7)10-8(12)3-6(5-16-10)11(13,14)15/h3-5,17H,2H2,1H3. The highest BCUT2D eigenvalue weighted by Crippen LogP contribution is 2.31. The third-order valence-corrected chi connectivity index (χ3v) is 2.79. The van der Waals surface area contributed by atoms with Crippen molar-refractivity contribution in [2.24, 2.45) is 0 Å². The second-order valence-electron chi connectivity index (χ2n) is 3.84. The minimum absolute atomic E-state index is 0.0561. The lowest BCUT2D eigenvalue weighted by molar-refractivity contribution is -0.137. The van der Waals surface area contributed by atoms with E-state index in [1.165, 1.54) is 6.07 Å². The number of alkyl halides is 3. The van der Waals surface area contributed by atoms with Gasteiger partial charge in [0.05, 0.1) is 10.6 Å². The van der Waals surface area contributed by atoms with E-state index in [9.17, 15) is 18.0 Å². The van der Waals surface area contributed by atoms with E-state index in [0.717, 1.165) is 10.7 Å². The van der Waals surface area contributed by atoms with Gasteiger partial charge in [0.25, 0.3) is 5.56 Å². The molecule has 0 spiro atoms. The third-order valence-electron chi connectivity index (χ3n) is 2.52. The molecule has 0 fully saturated rings. The molecular formula is C11H9ClF3N3O. The maximum atomic E-state index is 12.5. The summed E-state index contributed by atoms with van der Waals surface area (Å²) in [5, 5.41) is 2.47. The zero-order valence-electron chi connectivity index (χ0n) is 9.75. The molecule has 2 rings (SSSR count). The van der Waals surface area contributed by atoms with E-state index < -0.39 is 17.3 Å². The van der Waals surface area contributed by atoms with Gasteiger partial charge in [-0.2, -0.15) is 17.9 Å². The van der Waals surface area contributed by atoms with Gasteiger partial charge in [0.1, 0.15) is 0 Å². The summed E-state index contributed by atoms with van der Waals surface area (Å²) in [5.74, 6) is -0.0561. The number of nitrogens with one attached hydrogen (secondary N) is 1. The lowest BCUT2D eigenvalue weighted by atomic mass is 10.3. The van der Waals surface area contributed by atoms with E-state index in [-0.39, 0.29) is 10.8 Å². The number of rotatable bonds is 2. The van der Waals surface area contributed by atoms with Crippen LogP contribution in [0.2, 0.25) is 5.02 Å². The lowest BCUT2D eigenvalue weighted by Gasteiger charge is -2.09. The van der Waals surface area contributed by atoms with Crippen molar-refractivity contribution >= 4 is 11.6 Å². The minimum Gasteiger partial charge on any atom is -0.294 e. The van der Waals surface area contributed by atoms with Gasteiger partial charge in [0, 0.05) is 18.0 Å². The fraction of sp³-hybridized carbons (Fsp3) is 0.273. The van der Waals surface area contributed by atoms with Crippen LogP contribution in [0.1, 0.15) is 18.2 Å². The summed E-state index contributed by atoms with van der Waals surface area (Å²) < 4.78 is 38.4. The van der Waals surface area contributed by atoms with E-state index in [4.69, 9.17) is 11.6 Å². The molecule has 1 N–H and O–H groups in total. The van der Waals surface area contributed by atoms with Crippen LogP contribution in [-0.4, -0.2) is 14.8 Å². The van der Waals surface area contributed by atoms with Crippen molar-refractivity contribution in [2.45, 2.75) is 19.5 Å². The van der Waals surface area contributed by atoms with Gasteiger partial charge in [-0.1, -0.05) is 18.5 Å². The quantitative estimate of drug-likeness (QED) is 0.925. The fourth-order valence-corrected chi connectivity index (χ4v) is 1.78. The van der Waals surface area contributed by atoms with Gasteiger partial charge in [-0.3, -0.25) is 9.89 Å². The van der Waals surface area contributed by atoms with Crippen LogP contribution in [0.4, 0.5) is 13.2 Å². The number of aromatic nitrogens is 3. The van der Waals surface area contributed by atoms with Gasteiger partial charge < -0.3 is 0 Å². The Morgan fingerprint density at radius 1 is 1.42 bits per heavy atom. The molecule has 8 heteroatoms. The SMILES string of the molecule is CCc1cc(=O)n(-c2ncc(C(F)(F)F)cc2Cl)[nH]1. The summed E-state index contributed by atoms with van der Waals surface area (Å²) in [4.78, 5) is 15.2. The molecule has 0 aromatic carbocycles. The van der Waals surface area contributed by atoms with Crippen molar-refractivity contribution in [1.82, 2.24) is 14.8 Å². The number of halogens is 4. The Bertz CT molecular complexity index is 660. The number of hydrogen-bond acceptors (Lipinski definition) is 2. The van der Waals surface area contributed by atoms with Crippen molar-refractivity contribution in [3.63, 3.8) is 0 Å². The normalized spacial score (nSPS) is 11.8. The van der Waals surface area contributed by atoms with E-state index >= 15 is 0 Å². The minimum atomic E-state index is -4.52. The van der Waals surface area contributed by atoms with Crippen LogP contribution in [0, 0.1) is 0 Å². The molecule has 0 radical (unpaired) electrons. The Hall–Kier alpha value is -1.76. The summed E-state index contributed by atoms with van der Waals surface area (Å²) in [7, 11) is 0. The van der Waals surface area contributed by atoms with Crippen LogP contribution < -0.4 is 5.56 Å². The van der Waals surface area contributed by atoms with Crippen LogP contribution in [0.25, 0.3) is 5.82 Å². The molecule has 0 unspecified atom stereocenters. The van der Waals surface area contributed by atoms with Crippen molar-refractivity contribution in [3.8, 4) is 5.82 Å². The zero-order chi connectivity index (χ0) is 14.2. The van der Waals surface area contributed by atoms with E-state index in [1.54, 1.807) is 0 Å². The summed E-state index contributed by atoms with van der Waals surface area (Å²) in [6.45, 7) is 1.83. The molecule has 0 aliphatic rings. The second kappa shape index (κ2) is 4.73. The highest BCUT2D eigenvalue weighted by molar-refractivity contribution is 6.32. The fourth-order valence-electron chi connectivity index (χ4n) is 1.53. The molecule has 2 aromatic heterocycles. The first-order valence-corrected chi connectivity index (χ1v) is 5.74. The molecule has 2 aromatic rings. The number of nitrogens with zero attached hydrogens (tertiary/aromatic N) is 2. The number of aryl methyl sites for hydroxylation is 1. The predicted octanol–water partition coefficient (Wildman–Crippen LogP) is 2.80. The highest BCUT2D eigenvalue weighted by atomic mass is 35.5. The smallest absolute Gasteiger partial charge is 0.294 e. The van der Waals surface area contributed by atoms with Gasteiger partial charge in [0.2, 0.25) is 0 Å². The maximum Gasteiger partial charge on any atom is 0.417 e. The third kappa shape index (κ3) is 2.65. The first-order valence-electron chi connectivity index (χ1n) is 5.37. The summed E-state index contributed by atoms with van der Waals surface area (Å²) in [6, 6.07) is 2.08. The number of H-pyrrole nitrogens is 1. The number of pyridine rings is 1. The largest absolute Gasteiger partial charge is 0.417 e. The molecule has 0 aliphatic heterocycles. The Kier molecular flexibility index (Phi) is 3.40. The highest BCUT2D eigenvalue weighted by Gasteiger charge is 2.31. The lowest BCUT2D eigenvalue weighted by Crippen LogP contribution is -2.16. The molecule has 0 saturated heterocycles. The Labute approximate surface area is 110 Å². The predicted molar refractivity (Wildman–Crippen MR) is 63.6 cm³/mol. The molecular weight excluding hydrogens is 283 g/mol. The Morgan fingerprint density at radius 3 is 2.58 bits per heavy atom. The Morgan fingerprint density at radius 2 is 2.11 bits per heavy atom. The molecule has 4 nitrogen and oxygen atoms in total. The molecule has 0 atom stereocenters. The first kappa shape index (κ1) is 13.7.